The van der Waals surface area contributed by atoms with Gasteiger partial charge in [0.05, 0.1) is 25.0 Å². The molecule has 13 nitrogen and oxygen atoms in total. The highest BCUT2D eigenvalue weighted by molar-refractivity contribution is 5.92. The average Bonchev–Trinajstić information content (AvgIpc) is 3.05. The molecule has 13 heteroatoms. The van der Waals surface area contributed by atoms with Crippen LogP contribution in [0, 0.1) is 0 Å². The molecule has 0 unspecified atom stereocenters. The molecule has 0 fully saturated rings. The van der Waals surface area contributed by atoms with E-state index >= 15 is 0 Å². The molecule has 0 aliphatic carbocycles. The highest BCUT2D eigenvalue weighted by Gasteiger charge is 2.21. The van der Waals surface area contributed by atoms with Crippen LogP contribution in [0.4, 0.5) is 5.69 Å². The van der Waals surface area contributed by atoms with E-state index in [1.807, 2.05) is 65.6 Å². The van der Waals surface area contributed by atoms with Gasteiger partial charge in [-0.2, -0.15) is 0 Å². The lowest BCUT2D eigenvalue weighted by atomic mass is 10.1. The van der Waals surface area contributed by atoms with E-state index in [2.05, 4.69) is 36.0 Å². The van der Waals surface area contributed by atoms with Crippen molar-refractivity contribution < 1.29 is 28.7 Å². The van der Waals surface area contributed by atoms with Crippen molar-refractivity contribution in [1.82, 2.24) is 30.8 Å². The molecule has 4 N–H and O–H groups in total. The Morgan fingerprint density at radius 1 is 0.761 bits per heavy atom. The van der Waals surface area contributed by atoms with Gasteiger partial charge >= 0.3 is 5.97 Å². The molecule has 0 saturated carbocycles. The quantitative estimate of drug-likeness (QED) is 0.162. The Labute approximate surface area is 268 Å². The zero-order valence-electron chi connectivity index (χ0n) is 26.3. The van der Waals surface area contributed by atoms with Crippen LogP contribution in [0.3, 0.4) is 0 Å². The summed E-state index contributed by atoms with van der Waals surface area (Å²) in [5.41, 5.74) is 3.33. The Morgan fingerprint density at radius 3 is 1.93 bits per heavy atom. The average molecular weight is 632 g/mol. The lowest BCUT2D eigenvalue weighted by Crippen LogP contribution is -2.49. The normalized spacial score (nSPS) is 12.0. The standard InChI is InChI=1S/C33H41N7O6/c1-23(32(44)38-24(2)33(45)46-3)37-30(42)15-14-29(41)36-19-16-25-10-12-26(13-11-25)39-31(43)22-40(20-27-8-4-6-17-34-27)21-28-9-5-7-18-35-28/h4-13,17-18,23-24H,14-16,19-22H2,1-3H3,(H,36,41)(H,37,42)(H,38,44)(H,39,43)/t23-,24-/m1/s1. The van der Waals surface area contributed by atoms with Gasteiger partial charge in [-0.25, -0.2) is 4.79 Å². The summed E-state index contributed by atoms with van der Waals surface area (Å²) in [7, 11) is 1.21. The molecule has 2 aromatic heterocycles. The molecule has 244 valence electrons. The Morgan fingerprint density at radius 2 is 1.37 bits per heavy atom. The second-order valence-corrected chi connectivity index (χ2v) is 10.7. The van der Waals surface area contributed by atoms with Gasteiger partial charge in [0.2, 0.25) is 23.6 Å². The number of ether oxygens (including phenoxy) is 1. The molecule has 0 spiro atoms. The van der Waals surface area contributed by atoms with E-state index in [1.54, 1.807) is 12.4 Å². The first-order chi connectivity index (χ1) is 22.1. The number of methoxy groups -OCH3 is 1. The summed E-state index contributed by atoms with van der Waals surface area (Å²) in [6, 6.07) is 17.0. The first kappa shape index (κ1) is 35.3. The van der Waals surface area contributed by atoms with E-state index in [-0.39, 0.29) is 31.2 Å². The fourth-order valence-electron chi connectivity index (χ4n) is 4.38. The molecule has 1 aromatic carbocycles. The van der Waals surface area contributed by atoms with Crippen LogP contribution in [0.15, 0.2) is 73.1 Å². The van der Waals surface area contributed by atoms with Crippen molar-refractivity contribution in [3.8, 4) is 0 Å². The summed E-state index contributed by atoms with van der Waals surface area (Å²) in [4.78, 5) is 71.6. The van der Waals surface area contributed by atoms with Gasteiger partial charge in [0.1, 0.15) is 12.1 Å². The molecular weight excluding hydrogens is 590 g/mol. The van der Waals surface area contributed by atoms with Crippen molar-refractivity contribution in [2.24, 2.45) is 0 Å². The molecule has 0 bridgehead atoms. The predicted molar refractivity (Wildman–Crippen MR) is 171 cm³/mol. The van der Waals surface area contributed by atoms with Crippen LogP contribution < -0.4 is 21.3 Å². The molecule has 3 rings (SSSR count). The second kappa shape index (κ2) is 18.6. The summed E-state index contributed by atoms with van der Waals surface area (Å²) in [6.07, 6.45) is 3.88. The maximum absolute atomic E-state index is 12.9. The lowest BCUT2D eigenvalue weighted by Gasteiger charge is -2.21. The molecule has 3 aromatic rings. The number of nitrogens with zero attached hydrogens (tertiary/aromatic N) is 3. The van der Waals surface area contributed by atoms with E-state index in [9.17, 15) is 24.0 Å². The van der Waals surface area contributed by atoms with E-state index in [1.165, 1.54) is 21.0 Å². The summed E-state index contributed by atoms with van der Waals surface area (Å²) >= 11 is 0. The third-order valence-corrected chi connectivity index (χ3v) is 6.83. The van der Waals surface area contributed by atoms with E-state index in [4.69, 9.17) is 0 Å². The van der Waals surface area contributed by atoms with Crippen molar-refractivity contribution in [2.75, 3.05) is 25.5 Å². The largest absolute Gasteiger partial charge is 0.467 e. The minimum atomic E-state index is -0.882. The van der Waals surface area contributed by atoms with Crippen molar-refractivity contribution >= 4 is 35.3 Å². The minimum Gasteiger partial charge on any atom is -0.467 e. The van der Waals surface area contributed by atoms with Gasteiger partial charge in [0, 0.05) is 50.6 Å². The fraction of sp³-hybridized carbons (Fsp3) is 0.364. The SMILES string of the molecule is COC(=O)[C@@H](C)NC(=O)[C@@H](C)NC(=O)CCC(=O)NCCc1ccc(NC(=O)CN(Cc2ccccn2)Cc2ccccn2)cc1. The molecule has 2 heterocycles. The molecular formula is C33H41N7O6. The van der Waals surface area contributed by atoms with Crippen LogP contribution in [0.1, 0.15) is 43.6 Å². The van der Waals surface area contributed by atoms with Gasteiger partial charge in [0.15, 0.2) is 0 Å². The monoisotopic (exact) mass is 631 g/mol. The van der Waals surface area contributed by atoms with Crippen LogP contribution in [0.2, 0.25) is 0 Å². The molecule has 2 atom stereocenters. The van der Waals surface area contributed by atoms with Gasteiger partial charge in [-0.15, -0.1) is 0 Å². The smallest absolute Gasteiger partial charge is 0.328 e. The highest BCUT2D eigenvalue weighted by atomic mass is 16.5. The highest BCUT2D eigenvalue weighted by Crippen LogP contribution is 2.12. The number of esters is 1. The van der Waals surface area contributed by atoms with Crippen LogP contribution in [0.25, 0.3) is 0 Å². The third-order valence-electron chi connectivity index (χ3n) is 6.83. The summed E-state index contributed by atoms with van der Waals surface area (Å²) in [5.74, 6) is -2.06. The van der Waals surface area contributed by atoms with Crippen molar-refractivity contribution in [3.63, 3.8) is 0 Å². The Hall–Kier alpha value is -5.17. The van der Waals surface area contributed by atoms with Crippen molar-refractivity contribution in [1.29, 1.82) is 0 Å². The second-order valence-electron chi connectivity index (χ2n) is 10.7. The lowest BCUT2D eigenvalue weighted by molar-refractivity contribution is -0.144. The maximum Gasteiger partial charge on any atom is 0.328 e. The molecule has 0 aliphatic rings. The number of carbonyl (C=O) groups excluding carboxylic acids is 5. The molecule has 0 aliphatic heterocycles. The summed E-state index contributed by atoms with van der Waals surface area (Å²) < 4.78 is 4.55. The van der Waals surface area contributed by atoms with Gasteiger partial charge < -0.3 is 26.0 Å². The number of nitrogens with one attached hydrogen (secondary N) is 4. The zero-order chi connectivity index (χ0) is 33.3. The maximum atomic E-state index is 12.9. The van der Waals surface area contributed by atoms with E-state index < -0.39 is 29.9 Å². The van der Waals surface area contributed by atoms with Gasteiger partial charge in [-0.05, 0) is 62.2 Å². The number of anilines is 1. The Balaban J connectivity index is 1.38. The number of hydrogen-bond acceptors (Lipinski definition) is 9. The number of carbonyl (C=O) groups is 5. The predicted octanol–water partition coefficient (Wildman–Crippen LogP) is 1.74. The van der Waals surface area contributed by atoms with Crippen LogP contribution >= 0.6 is 0 Å². The third kappa shape index (κ3) is 12.8. The topological polar surface area (TPSA) is 172 Å². The van der Waals surface area contributed by atoms with Crippen LogP contribution in [-0.4, -0.2) is 76.7 Å². The number of hydrogen-bond donors (Lipinski definition) is 4. The van der Waals surface area contributed by atoms with Gasteiger partial charge in [-0.1, -0.05) is 24.3 Å². The molecule has 0 radical (unpaired) electrons. The molecule has 0 saturated heterocycles. The Bertz CT molecular complexity index is 1400. The van der Waals surface area contributed by atoms with Gasteiger partial charge in [0.25, 0.3) is 0 Å². The minimum absolute atomic E-state index is 0.0403. The van der Waals surface area contributed by atoms with Crippen molar-refractivity contribution in [3.05, 3.63) is 90.0 Å². The summed E-state index contributed by atoms with van der Waals surface area (Å²) in [6.45, 7) is 4.46. The Kier molecular flexibility index (Phi) is 14.3. The number of benzene rings is 1. The summed E-state index contributed by atoms with van der Waals surface area (Å²) in [5, 5.41) is 10.7. The van der Waals surface area contributed by atoms with E-state index in [0.717, 1.165) is 17.0 Å². The number of aromatic nitrogens is 2. The van der Waals surface area contributed by atoms with Crippen LogP contribution in [-0.2, 0) is 48.2 Å². The van der Waals surface area contributed by atoms with Gasteiger partial charge in [-0.3, -0.25) is 34.0 Å². The van der Waals surface area contributed by atoms with E-state index in [0.29, 0.717) is 31.7 Å². The fourth-order valence-corrected chi connectivity index (χ4v) is 4.38. The molecule has 4 amide bonds. The zero-order valence-corrected chi connectivity index (χ0v) is 26.3. The number of amides is 4. The van der Waals surface area contributed by atoms with Crippen molar-refractivity contribution in [2.45, 2.75) is 58.3 Å². The van der Waals surface area contributed by atoms with Crippen LogP contribution in [0.5, 0.6) is 0 Å². The first-order valence-corrected chi connectivity index (χ1v) is 15.0. The first-order valence-electron chi connectivity index (χ1n) is 15.0. The number of rotatable bonds is 17. The number of pyridine rings is 2. The molecule has 46 heavy (non-hydrogen) atoms.